The number of hydrogen-bond donors (Lipinski definition) is 2. The Kier molecular flexibility index (Phi) is 4.94. The second kappa shape index (κ2) is 7.00. The summed E-state index contributed by atoms with van der Waals surface area (Å²) in [5.41, 5.74) is -0.0316. The summed E-state index contributed by atoms with van der Waals surface area (Å²) >= 11 is 1.43. The standard InChI is InChI=1S/C18H22N2O4S/c1-11-6-7-14(24-11)16-19-12(10-25-16)9-15(21)20-18(2)8-4-3-5-13(18)17(22)23/h6-7,10,13H,3-5,8-9H2,1-2H3,(H,20,21)(H,22,23). The molecule has 2 unspecified atom stereocenters. The Labute approximate surface area is 150 Å². The van der Waals surface area contributed by atoms with Gasteiger partial charge in [-0.3, -0.25) is 9.59 Å². The van der Waals surface area contributed by atoms with Gasteiger partial charge in [-0.1, -0.05) is 12.8 Å². The van der Waals surface area contributed by atoms with Crippen LogP contribution in [0.5, 0.6) is 0 Å². The lowest BCUT2D eigenvalue weighted by Crippen LogP contribution is -2.55. The van der Waals surface area contributed by atoms with E-state index in [1.807, 2.05) is 31.4 Å². The van der Waals surface area contributed by atoms with Crippen LogP contribution in [-0.2, 0) is 16.0 Å². The molecule has 3 rings (SSSR count). The molecule has 2 N–H and O–H groups in total. The molecule has 1 fully saturated rings. The predicted molar refractivity (Wildman–Crippen MR) is 94.4 cm³/mol. The van der Waals surface area contributed by atoms with Gasteiger partial charge < -0.3 is 14.8 Å². The predicted octanol–water partition coefficient (Wildman–Crippen LogP) is 3.40. The van der Waals surface area contributed by atoms with Gasteiger partial charge in [-0.05, 0) is 38.8 Å². The Hall–Kier alpha value is -2.15. The minimum absolute atomic E-state index is 0.137. The third kappa shape index (κ3) is 3.92. The van der Waals surface area contributed by atoms with Crippen LogP contribution in [0.25, 0.3) is 10.8 Å². The summed E-state index contributed by atoms with van der Waals surface area (Å²) < 4.78 is 5.55. The van der Waals surface area contributed by atoms with Crippen LogP contribution in [0.4, 0.5) is 0 Å². The maximum Gasteiger partial charge on any atom is 0.308 e. The fraction of sp³-hybridized carbons (Fsp3) is 0.500. The molecule has 0 saturated heterocycles. The first-order valence-corrected chi connectivity index (χ1v) is 9.30. The first-order chi connectivity index (χ1) is 11.9. The molecule has 6 nitrogen and oxygen atoms in total. The highest BCUT2D eigenvalue weighted by molar-refractivity contribution is 7.13. The number of amides is 1. The summed E-state index contributed by atoms with van der Waals surface area (Å²) in [6.07, 6.45) is 3.24. The SMILES string of the molecule is Cc1ccc(-c2nc(CC(=O)NC3(C)CCCCC3C(=O)O)cs2)o1. The number of furan rings is 1. The average molecular weight is 362 g/mol. The number of thiazole rings is 1. The summed E-state index contributed by atoms with van der Waals surface area (Å²) in [6.45, 7) is 3.70. The van der Waals surface area contributed by atoms with E-state index in [1.165, 1.54) is 11.3 Å². The highest BCUT2D eigenvalue weighted by Crippen LogP contribution is 2.34. The van der Waals surface area contributed by atoms with Gasteiger partial charge in [0.2, 0.25) is 5.91 Å². The van der Waals surface area contributed by atoms with Crippen molar-refractivity contribution in [1.29, 1.82) is 0 Å². The van der Waals surface area contributed by atoms with Crippen LogP contribution in [0, 0.1) is 12.8 Å². The summed E-state index contributed by atoms with van der Waals surface area (Å²) in [4.78, 5) is 28.4. The number of aromatic nitrogens is 1. The molecule has 1 aliphatic carbocycles. The van der Waals surface area contributed by atoms with Crippen LogP contribution in [-0.4, -0.2) is 27.5 Å². The number of hydrogen-bond acceptors (Lipinski definition) is 5. The highest BCUT2D eigenvalue weighted by atomic mass is 32.1. The zero-order valence-electron chi connectivity index (χ0n) is 14.4. The van der Waals surface area contributed by atoms with Gasteiger partial charge in [-0.25, -0.2) is 4.98 Å². The normalized spacial score (nSPS) is 23.4. The van der Waals surface area contributed by atoms with Crippen LogP contribution in [0.2, 0.25) is 0 Å². The fourth-order valence-electron chi connectivity index (χ4n) is 3.46. The number of nitrogens with one attached hydrogen (secondary N) is 1. The summed E-state index contributed by atoms with van der Waals surface area (Å²) in [5.74, 6) is -0.0641. The lowest BCUT2D eigenvalue weighted by Gasteiger charge is -2.39. The van der Waals surface area contributed by atoms with Gasteiger partial charge in [0.15, 0.2) is 10.8 Å². The number of carbonyl (C=O) groups excluding carboxylic acids is 1. The van der Waals surface area contributed by atoms with Crippen LogP contribution in [0.3, 0.4) is 0 Å². The molecule has 0 aromatic carbocycles. The first kappa shape index (κ1) is 17.7. The smallest absolute Gasteiger partial charge is 0.308 e. The van der Waals surface area contributed by atoms with Crippen molar-refractivity contribution in [3.63, 3.8) is 0 Å². The minimum Gasteiger partial charge on any atom is -0.481 e. The van der Waals surface area contributed by atoms with Crippen molar-refractivity contribution in [2.75, 3.05) is 0 Å². The average Bonchev–Trinajstić information content (AvgIpc) is 3.15. The highest BCUT2D eigenvalue weighted by Gasteiger charge is 2.42. The van der Waals surface area contributed by atoms with E-state index < -0.39 is 17.4 Å². The fourth-order valence-corrected chi connectivity index (χ4v) is 4.24. The molecule has 25 heavy (non-hydrogen) atoms. The molecule has 0 bridgehead atoms. The number of aliphatic carboxylic acids is 1. The zero-order chi connectivity index (χ0) is 18.0. The van der Waals surface area contributed by atoms with E-state index in [2.05, 4.69) is 10.3 Å². The molecule has 1 saturated carbocycles. The largest absolute Gasteiger partial charge is 0.481 e. The summed E-state index contributed by atoms with van der Waals surface area (Å²) in [7, 11) is 0. The van der Waals surface area contributed by atoms with Gasteiger partial charge in [0.05, 0.1) is 23.6 Å². The van der Waals surface area contributed by atoms with Crippen molar-refractivity contribution in [3.8, 4) is 10.8 Å². The second-order valence-corrected chi connectivity index (χ2v) is 7.69. The van der Waals surface area contributed by atoms with E-state index in [9.17, 15) is 14.7 Å². The van der Waals surface area contributed by atoms with Crippen LogP contribution in [0.1, 0.15) is 44.1 Å². The van der Waals surface area contributed by atoms with E-state index in [4.69, 9.17) is 4.42 Å². The van der Waals surface area contributed by atoms with Gasteiger partial charge in [-0.15, -0.1) is 11.3 Å². The van der Waals surface area contributed by atoms with E-state index >= 15 is 0 Å². The maximum atomic E-state index is 12.4. The zero-order valence-corrected chi connectivity index (χ0v) is 15.2. The summed E-state index contributed by atoms with van der Waals surface area (Å²) in [5, 5.41) is 15.0. The van der Waals surface area contributed by atoms with E-state index in [-0.39, 0.29) is 12.3 Å². The van der Waals surface area contributed by atoms with Crippen molar-refractivity contribution in [3.05, 3.63) is 29.0 Å². The lowest BCUT2D eigenvalue weighted by molar-refractivity contribution is -0.146. The summed E-state index contributed by atoms with van der Waals surface area (Å²) in [6, 6.07) is 3.73. The first-order valence-electron chi connectivity index (χ1n) is 8.42. The molecular formula is C18H22N2O4S. The van der Waals surface area contributed by atoms with E-state index in [0.717, 1.165) is 23.6 Å². The molecule has 0 radical (unpaired) electrons. The number of aryl methyl sites for hydroxylation is 1. The Bertz CT molecular complexity index is 782. The number of rotatable bonds is 5. The van der Waals surface area contributed by atoms with Crippen molar-refractivity contribution >= 4 is 23.2 Å². The molecule has 2 aromatic heterocycles. The van der Waals surface area contributed by atoms with Crippen LogP contribution < -0.4 is 5.32 Å². The third-order valence-corrected chi connectivity index (χ3v) is 5.68. The minimum atomic E-state index is -0.841. The Morgan fingerprint density at radius 2 is 2.24 bits per heavy atom. The maximum absolute atomic E-state index is 12.4. The topological polar surface area (TPSA) is 92.4 Å². The molecule has 7 heteroatoms. The molecule has 1 amide bonds. The molecular weight excluding hydrogens is 340 g/mol. The second-order valence-electron chi connectivity index (χ2n) is 6.83. The van der Waals surface area contributed by atoms with Crippen molar-refractivity contribution < 1.29 is 19.1 Å². The molecule has 0 spiro atoms. The number of carboxylic acids is 1. The molecule has 1 aliphatic rings. The van der Waals surface area contributed by atoms with Gasteiger partial charge >= 0.3 is 5.97 Å². The number of nitrogens with zero attached hydrogens (tertiary/aromatic N) is 1. The molecule has 2 heterocycles. The van der Waals surface area contributed by atoms with Crippen molar-refractivity contribution in [2.24, 2.45) is 5.92 Å². The molecule has 2 atom stereocenters. The molecule has 134 valence electrons. The monoisotopic (exact) mass is 362 g/mol. The molecule has 2 aromatic rings. The number of carbonyl (C=O) groups is 2. The Morgan fingerprint density at radius 1 is 1.44 bits per heavy atom. The van der Waals surface area contributed by atoms with Crippen LogP contribution >= 0.6 is 11.3 Å². The van der Waals surface area contributed by atoms with Gasteiger partial charge in [0.25, 0.3) is 0 Å². The Morgan fingerprint density at radius 3 is 2.92 bits per heavy atom. The van der Waals surface area contributed by atoms with Crippen molar-refractivity contribution in [2.45, 2.75) is 51.5 Å². The quantitative estimate of drug-likeness (QED) is 0.850. The van der Waals surface area contributed by atoms with Crippen LogP contribution in [0.15, 0.2) is 21.9 Å². The Balaban J connectivity index is 1.66. The lowest BCUT2D eigenvalue weighted by atomic mass is 9.74. The number of carboxylic acid groups (broad SMARTS) is 1. The molecule has 0 aliphatic heterocycles. The van der Waals surface area contributed by atoms with E-state index in [0.29, 0.717) is 24.3 Å². The van der Waals surface area contributed by atoms with Gasteiger partial charge in [0.1, 0.15) is 5.76 Å². The van der Waals surface area contributed by atoms with E-state index in [1.54, 1.807) is 0 Å². The van der Waals surface area contributed by atoms with Gasteiger partial charge in [-0.2, -0.15) is 0 Å². The van der Waals surface area contributed by atoms with Gasteiger partial charge in [0, 0.05) is 5.38 Å². The third-order valence-electron chi connectivity index (χ3n) is 4.78. The van der Waals surface area contributed by atoms with Crippen molar-refractivity contribution in [1.82, 2.24) is 10.3 Å².